The van der Waals surface area contributed by atoms with E-state index in [1.54, 1.807) is 0 Å². The lowest BCUT2D eigenvalue weighted by Gasteiger charge is -2.18. The van der Waals surface area contributed by atoms with Gasteiger partial charge in [0.25, 0.3) is 0 Å². The molecular formula is C57H45N3. The summed E-state index contributed by atoms with van der Waals surface area (Å²) in [5.41, 5.74) is 18.3. The van der Waals surface area contributed by atoms with Gasteiger partial charge in [0.15, 0.2) is 0 Å². The van der Waals surface area contributed by atoms with Crippen LogP contribution in [-0.2, 0) is 5.41 Å². The van der Waals surface area contributed by atoms with Gasteiger partial charge in [-0.3, -0.25) is 9.13 Å². The standard InChI is InChI=1S/C55H39N3.C2H6/c1-55(2)48-18-10-12-20-52(48)58-53(55)35-47-44-17-9-11-19-49(44)57(54(47)58)43-29-23-39(24-30-43)38-21-27-42(28-22-38)56-50-31-25-40(36-13-5-3-6-14-36)33-45(50)46-34-41(26-32-51(46)56)37-15-7-4-8-16-37;1-2/h3-35H,1-2H3;1-2H3. The molecule has 0 unspecified atom stereocenters. The number of hydrogen-bond donors (Lipinski definition) is 0. The molecule has 3 heteroatoms. The van der Waals surface area contributed by atoms with Crippen molar-refractivity contribution in [2.75, 3.05) is 0 Å². The predicted molar refractivity (Wildman–Crippen MR) is 254 cm³/mol. The van der Waals surface area contributed by atoms with E-state index in [1.807, 2.05) is 13.8 Å². The van der Waals surface area contributed by atoms with Gasteiger partial charge in [0.05, 0.1) is 22.2 Å². The first-order valence-corrected chi connectivity index (χ1v) is 21.2. The Balaban J connectivity index is 0.00000201. The average Bonchev–Trinajstić information content (AvgIpc) is 4.02. The molecule has 11 aromatic rings. The summed E-state index contributed by atoms with van der Waals surface area (Å²) in [5, 5.41) is 5.08. The maximum absolute atomic E-state index is 2.50. The zero-order chi connectivity index (χ0) is 40.5. The molecule has 0 saturated heterocycles. The summed E-state index contributed by atoms with van der Waals surface area (Å²) in [6.07, 6.45) is 0. The molecular weight excluding hydrogens is 727 g/mol. The van der Waals surface area contributed by atoms with E-state index in [0.717, 1.165) is 11.4 Å². The highest BCUT2D eigenvalue weighted by Gasteiger charge is 2.38. The smallest absolute Gasteiger partial charge is 0.130 e. The predicted octanol–water partition coefficient (Wildman–Crippen LogP) is 15.3. The second-order valence-electron chi connectivity index (χ2n) is 16.2. The Kier molecular flexibility index (Phi) is 8.28. The van der Waals surface area contributed by atoms with Crippen molar-refractivity contribution in [1.29, 1.82) is 0 Å². The lowest BCUT2D eigenvalue weighted by atomic mass is 9.83. The molecule has 1 aliphatic rings. The monoisotopic (exact) mass is 771 g/mol. The Bertz CT molecular complexity index is 3280. The second kappa shape index (κ2) is 13.9. The van der Waals surface area contributed by atoms with Gasteiger partial charge in [0.1, 0.15) is 5.65 Å². The van der Waals surface area contributed by atoms with Crippen molar-refractivity contribution >= 4 is 43.7 Å². The first-order valence-electron chi connectivity index (χ1n) is 21.2. The van der Waals surface area contributed by atoms with Gasteiger partial charge in [0, 0.05) is 44.0 Å². The van der Waals surface area contributed by atoms with Crippen LogP contribution in [0.2, 0.25) is 0 Å². The molecule has 60 heavy (non-hydrogen) atoms. The third-order valence-electron chi connectivity index (χ3n) is 12.6. The van der Waals surface area contributed by atoms with Crippen LogP contribution in [0.15, 0.2) is 200 Å². The molecule has 0 atom stereocenters. The van der Waals surface area contributed by atoms with Crippen LogP contribution in [0.4, 0.5) is 0 Å². The molecule has 0 bridgehead atoms. The first-order chi connectivity index (χ1) is 29.5. The average molecular weight is 772 g/mol. The first kappa shape index (κ1) is 35.8. The number of hydrogen-bond acceptors (Lipinski definition) is 0. The molecule has 3 nitrogen and oxygen atoms in total. The molecule has 12 rings (SSSR count). The van der Waals surface area contributed by atoms with Crippen molar-refractivity contribution in [3.8, 4) is 50.4 Å². The zero-order valence-electron chi connectivity index (χ0n) is 34.4. The van der Waals surface area contributed by atoms with Gasteiger partial charge in [-0.2, -0.15) is 0 Å². The van der Waals surface area contributed by atoms with Crippen molar-refractivity contribution in [2.24, 2.45) is 0 Å². The molecule has 8 aromatic carbocycles. The van der Waals surface area contributed by atoms with Crippen molar-refractivity contribution < 1.29 is 0 Å². The highest BCUT2D eigenvalue weighted by molar-refractivity contribution is 6.12. The van der Waals surface area contributed by atoms with Gasteiger partial charge < -0.3 is 4.57 Å². The van der Waals surface area contributed by atoms with Crippen LogP contribution in [0.1, 0.15) is 39.0 Å². The summed E-state index contributed by atoms with van der Waals surface area (Å²) < 4.78 is 7.36. The lowest BCUT2D eigenvalue weighted by molar-refractivity contribution is 0.644. The molecule has 288 valence electrons. The fraction of sp³-hybridized carbons (Fsp3) is 0.0877. The van der Waals surface area contributed by atoms with E-state index in [-0.39, 0.29) is 5.41 Å². The third kappa shape index (κ3) is 5.36. The molecule has 4 heterocycles. The molecule has 3 aromatic heterocycles. The maximum atomic E-state index is 2.50. The summed E-state index contributed by atoms with van der Waals surface area (Å²) in [6, 6.07) is 73.4. The van der Waals surface area contributed by atoms with Crippen molar-refractivity contribution in [3.63, 3.8) is 0 Å². The largest absolute Gasteiger partial charge is 0.309 e. The van der Waals surface area contributed by atoms with E-state index in [2.05, 4.69) is 228 Å². The van der Waals surface area contributed by atoms with E-state index >= 15 is 0 Å². The number of nitrogens with zero attached hydrogens (tertiary/aromatic N) is 3. The van der Waals surface area contributed by atoms with Crippen molar-refractivity contribution in [3.05, 3.63) is 211 Å². The number of para-hydroxylation sites is 2. The molecule has 0 spiro atoms. The normalized spacial score (nSPS) is 12.8. The molecule has 0 aliphatic carbocycles. The topological polar surface area (TPSA) is 14.8 Å². The Morgan fingerprint density at radius 3 is 1.37 bits per heavy atom. The van der Waals surface area contributed by atoms with Gasteiger partial charge in [0.2, 0.25) is 0 Å². The number of rotatable bonds is 5. The molecule has 1 aliphatic heterocycles. The second-order valence-corrected chi connectivity index (χ2v) is 16.2. The van der Waals surface area contributed by atoms with E-state index in [4.69, 9.17) is 0 Å². The summed E-state index contributed by atoms with van der Waals surface area (Å²) in [6.45, 7) is 8.70. The van der Waals surface area contributed by atoms with Gasteiger partial charge in [-0.05, 0) is 106 Å². The highest BCUT2D eigenvalue weighted by Crippen LogP contribution is 2.48. The zero-order valence-corrected chi connectivity index (χ0v) is 34.4. The maximum Gasteiger partial charge on any atom is 0.130 e. The van der Waals surface area contributed by atoms with Crippen molar-refractivity contribution in [2.45, 2.75) is 33.1 Å². The summed E-state index contributed by atoms with van der Waals surface area (Å²) in [7, 11) is 0. The minimum atomic E-state index is -0.0764. The van der Waals surface area contributed by atoms with Crippen LogP contribution in [0.5, 0.6) is 0 Å². The Morgan fingerprint density at radius 1 is 0.333 bits per heavy atom. The van der Waals surface area contributed by atoms with Gasteiger partial charge in [-0.25, -0.2) is 0 Å². The summed E-state index contributed by atoms with van der Waals surface area (Å²) in [5.74, 6) is 0. The van der Waals surface area contributed by atoms with Crippen LogP contribution < -0.4 is 0 Å². The Labute approximate surface area is 351 Å². The molecule has 0 amide bonds. The quantitative estimate of drug-likeness (QED) is 0.166. The minimum Gasteiger partial charge on any atom is -0.309 e. The van der Waals surface area contributed by atoms with Crippen LogP contribution in [-0.4, -0.2) is 13.7 Å². The minimum absolute atomic E-state index is 0.0764. The van der Waals surface area contributed by atoms with Gasteiger partial charge in [-0.15, -0.1) is 0 Å². The number of aromatic nitrogens is 3. The third-order valence-corrected chi connectivity index (χ3v) is 12.6. The SMILES string of the molecule is CC.CC1(C)c2ccccc2-n2c1cc1c3ccccc3n(-c3ccc(-c4ccc(-n5c6ccc(-c7ccccc7)cc6c6cc(-c7ccccc7)ccc65)cc4)cc3)c12. The van der Waals surface area contributed by atoms with Crippen molar-refractivity contribution in [1.82, 2.24) is 13.7 Å². The molecule has 0 N–H and O–H groups in total. The van der Waals surface area contributed by atoms with Crippen LogP contribution in [0.25, 0.3) is 94.2 Å². The van der Waals surface area contributed by atoms with E-state index in [9.17, 15) is 0 Å². The van der Waals surface area contributed by atoms with E-state index in [0.29, 0.717) is 0 Å². The summed E-state index contributed by atoms with van der Waals surface area (Å²) in [4.78, 5) is 0. The number of benzene rings is 8. The fourth-order valence-corrected chi connectivity index (χ4v) is 9.76. The molecule has 0 saturated carbocycles. The van der Waals surface area contributed by atoms with Gasteiger partial charge in [-0.1, -0.05) is 161 Å². The fourth-order valence-electron chi connectivity index (χ4n) is 9.76. The van der Waals surface area contributed by atoms with Gasteiger partial charge >= 0.3 is 0 Å². The number of fused-ring (bicyclic) bond motifs is 10. The lowest BCUT2D eigenvalue weighted by Crippen LogP contribution is -2.15. The Hall–Kier alpha value is -7.36. The Morgan fingerprint density at radius 2 is 0.783 bits per heavy atom. The van der Waals surface area contributed by atoms with Crippen LogP contribution in [0, 0.1) is 0 Å². The van der Waals surface area contributed by atoms with Crippen LogP contribution >= 0.6 is 0 Å². The van der Waals surface area contributed by atoms with E-state index in [1.165, 1.54) is 94.1 Å². The van der Waals surface area contributed by atoms with E-state index < -0.39 is 0 Å². The summed E-state index contributed by atoms with van der Waals surface area (Å²) >= 11 is 0. The molecule has 0 fully saturated rings. The molecule has 0 radical (unpaired) electrons. The highest BCUT2D eigenvalue weighted by atomic mass is 15.2. The van der Waals surface area contributed by atoms with Crippen LogP contribution in [0.3, 0.4) is 0 Å².